The van der Waals surface area contributed by atoms with Crippen LogP contribution in [0.5, 0.6) is 0 Å². The van der Waals surface area contributed by atoms with E-state index < -0.39 is 0 Å². The van der Waals surface area contributed by atoms with Crippen molar-refractivity contribution in [1.82, 2.24) is 10.2 Å². The van der Waals surface area contributed by atoms with Gasteiger partial charge in [-0.3, -0.25) is 0 Å². The van der Waals surface area contributed by atoms with Gasteiger partial charge in [0.2, 0.25) is 0 Å². The molecule has 1 N–H and O–H groups in total. The summed E-state index contributed by atoms with van der Waals surface area (Å²) < 4.78 is 0. The molecule has 1 aliphatic rings. The number of rotatable bonds is 3. The maximum Gasteiger partial charge on any atom is 0.0240 e. The van der Waals surface area contributed by atoms with Gasteiger partial charge in [0.1, 0.15) is 0 Å². The van der Waals surface area contributed by atoms with Gasteiger partial charge in [-0.2, -0.15) is 0 Å². The van der Waals surface area contributed by atoms with Crippen LogP contribution < -0.4 is 5.32 Å². The molecule has 0 aromatic heterocycles. The molecule has 17 heavy (non-hydrogen) atoms. The van der Waals surface area contributed by atoms with Crippen molar-refractivity contribution in [3.05, 3.63) is 0 Å². The van der Waals surface area contributed by atoms with E-state index in [4.69, 9.17) is 0 Å². The van der Waals surface area contributed by atoms with Crippen LogP contribution in [0.4, 0.5) is 0 Å². The van der Waals surface area contributed by atoms with Crippen LogP contribution in [-0.2, 0) is 0 Å². The Morgan fingerprint density at radius 2 is 1.76 bits per heavy atom. The van der Waals surface area contributed by atoms with E-state index in [1.165, 1.54) is 26.1 Å². The van der Waals surface area contributed by atoms with Crippen molar-refractivity contribution in [3.8, 4) is 0 Å². The second-order valence-electron chi connectivity index (χ2n) is 7.82. The Kier molecular flexibility index (Phi) is 4.65. The number of likely N-dealkylation sites (N-methyl/N-ethyl adjacent to an activating group) is 1. The molecule has 0 aliphatic carbocycles. The molecule has 0 bridgehead atoms. The number of nitrogens with zero attached hydrogens (tertiary/aromatic N) is 1. The lowest BCUT2D eigenvalue weighted by atomic mass is 9.80. The van der Waals surface area contributed by atoms with Crippen LogP contribution in [0.25, 0.3) is 0 Å². The lowest BCUT2D eigenvalue weighted by Gasteiger charge is -2.34. The Balaban J connectivity index is 2.50. The Labute approximate surface area is 108 Å². The normalized spacial score (nSPS) is 25.2. The number of nitrogens with one attached hydrogen (secondary N) is 1. The van der Waals surface area contributed by atoms with Crippen molar-refractivity contribution in [3.63, 3.8) is 0 Å². The molecule has 2 heteroatoms. The molecule has 0 spiro atoms. The highest BCUT2D eigenvalue weighted by Gasteiger charge is 2.34. The van der Waals surface area contributed by atoms with Gasteiger partial charge in [-0.15, -0.1) is 0 Å². The van der Waals surface area contributed by atoms with Crippen LogP contribution in [0.1, 0.15) is 48.0 Å². The Hall–Kier alpha value is -0.0800. The minimum Gasteiger partial charge on any atom is -0.315 e. The minimum absolute atomic E-state index is 0.342. The molecular formula is C15H32N2. The van der Waals surface area contributed by atoms with Gasteiger partial charge < -0.3 is 10.2 Å². The van der Waals surface area contributed by atoms with E-state index in [1.54, 1.807) is 0 Å². The lowest BCUT2D eigenvalue weighted by molar-refractivity contribution is 0.181. The quantitative estimate of drug-likeness (QED) is 0.816. The number of likely N-dealkylation sites (tertiary alicyclic amines) is 1. The number of hydrogen-bond donors (Lipinski definition) is 1. The van der Waals surface area contributed by atoms with Crippen LogP contribution in [0.15, 0.2) is 0 Å². The molecule has 1 saturated heterocycles. The van der Waals surface area contributed by atoms with Crippen LogP contribution in [0, 0.1) is 16.7 Å². The molecule has 0 radical (unpaired) electrons. The molecule has 0 saturated carbocycles. The monoisotopic (exact) mass is 240 g/mol. The van der Waals surface area contributed by atoms with Gasteiger partial charge in [-0.1, -0.05) is 41.5 Å². The summed E-state index contributed by atoms with van der Waals surface area (Å²) in [7, 11) is 2.09. The molecule has 2 unspecified atom stereocenters. The SMILES string of the molecule is CNC(CN1CCC(C(C)(C)C)C1)C(C)(C)C. The molecule has 1 fully saturated rings. The summed E-state index contributed by atoms with van der Waals surface area (Å²) in [6, 6.07) is 0.584. The third-order valence-electron chi connectivity index (χ3n) is 4.33. The summed E-state index contributed by atoms with van der Waals surface area (Å²) in [6.07, 6.45) is 1.37. The van der Waals surface area contributed by atoms with E-state index in [1.807, 2.05) is 0 Å². The predicted molar refractivity (Wildman–Crippen MR) is 76.3 cm³/mol. The van der Waals surface area contributed by atoms with Gasteiger partial charge in [-0.05, 0) is 36.8 Å². The third-order valence-corrected chi connectivity index (χ3v) is 4.33. The molecule has 1 heterocycles. The first-order chi connectivity index (χ1) is 7.64. The molecule has 0 aromatic rings. The first-order valence-electron chi connectivity index (χ1n) is 7.04. The third kappa shape index (κ3) is 4.26. The zero-order valence-corrected chi connectivity index (χ0v) is 12.9. The highest BCUT2D eigenvalue weighted by atomic mass is 15.2. The van der Waals surface area contributed by atoms with Gasteiger partial charge >= 0.3 is 0 Å². The van der Waals surface area contributed by atoms with Crippen molar-refractivity contribution >= 4 is 0 Å². The van der Waals surface area contributed by atoms with Crippen LogP contribution in [-0.4, -0.2) is 37.6 Å². The number of hydrogen-bond acceptors (Lipinski definition) is 2. The summed E-state index contributed by atoms with van der Waals surface area (Å²) >= 11 is 0. The molecule has 0 aromatic carbocycles. The second kappa shape index (κ2) is 5.27. The average molecular weight is 240 g/mol. The van der Waals surface area contributed by atoms with E-state index in [0.717, 1.165) is 5.92 Å². The second-order valence-corrected chi connectivity index (χ2v) is 7.82. The topological polar surface area (TPSA) is 15.3 Å². The fourth-order valence-corrected chi connectivity index (χ4v) is 2.76. The Morgan fingerprint density at radius 1 is 1.18 bits per heavy atom. The summed E-state index contributed by atoms with van der Waals surface area (Å²) in [5, 5.41) is 3.48. The van der Waals surface area contributed by atoms with E-state index >= 15 is 0 Å². The molecular weight excluding hydrogens is 208 g/mol. The average Bonchev–Trinajstić information content (AvgIpc) is 2.59. The van der Waals surface area contributed by atoms with Crippen LogP contribution >= 0.6 is 0 Å². The van der Waals surface area contributed by atoms with E-state index in [0.29, 0.717) is 16.9 Å². The van der Waals surface area contributed by atoms with Gasteiger partial charge in [0.15, 0.2) is 0 Å². The minimum atomic E-state index is 0.342. The summed E-state index contributed by atoms with van der Waals surface area (Å²) in [5.74, 6) is 0.861. The summed E-state index contributed by atoms with van der Waals surface area (Å²) in [4.78, 5) is 2.64. The van der Waals surface area contributed by atoms with Crippen molar-refractivity contribution < 1.29 is 0 Å². The molecule has 0 amide bonds. The van der Waals surface area contributed by atoms with Crippen LogP contribution in [0.2, 0.25) is 0 Å². The molecule has 2 nitrogen and oxygen atoms in total. The lowest BCUT2D eigenvalue weighted by Crippen LogP contribution is -2.46. The first-order valence-corrected chi connectivity index (χ1v) is 7.04. The standard InChI is InChI=1S/C15H32N2/c1-14(2,3)12-8-9-17(10-12)11-13(16-7)15(4,5)6/h12-13,16H,8-11H2,1-7H3. The van der Waals surface area contributed by atoms with Crippen molar-refractivity contribution in [1.29, 1.82) is 0 Å². The zero-order chi connectivity index (χ0) is 13.3. The van der Waals surface area contributed by atoms with E-state index in [2.05, 4.69) is 58.8 Å². The highest BCUT2D eigenvalue weighted by Crippen LogP contribution is 2.34. The summed E-state index contributed by atoms with van der Waals surface area (Å²) in [6.45, 7) is 17.8. The predicted octanol–water partition coefficient (Wildman–Crippen LogP) is 2.99. The summed E-state index contributed by atoms with van der Waals surface area (Å²) in [5.41, 5.74) is 0.806. The maximum atomic E-state index is 3.48. The largest absolute Gasteiger partial charge is 0.315 e. The Morgan fingerprint density at radius 3 is 2.12 bits per heavy atom. The van der Waals surface area contributed by atoms with Gasteiger partial charge in [0.05, 0.1) is 0 Å². The molecule has 102 valence electrons. The Bertz CT molecular complexity index is 234. The maximum absolute atomic E-state index is 3.48. The van der Waals surface area contributed by atoms with Crippen molar-refractivity contribution in [2.75, 3.05) is 26.7 Å². The molecule has 1 rings (SSSR count). The highest BCUT2D eigenvalue weighted by molar-refractivity contribution is 4.88. The van der Waals surface area contributed by atoms with Gasteiger partial charge in [0, 0.05) is 19.1 Å². The van der Waals surface area contributed by atoms with Crippen LogP contribution in [0.3, 0.4) is 0 Å². The van der Waals surface area contributed by atoms with Gasteiger partial charge in [0.25, 0.3) is 0 Å². The zero-order valence-electron chi connectivity index (χ0n) is 12.9. The molecule has 1 aliphatic heterocycles. The first kappa shape index (κ1) is 15.0. The van der Waals surface area contributed by atoms with Crippen molar-refractivity contribution in [2.45, 2.75) is 54.0 Å². The van der Waals surface area contributed by atoms with E-state index in [9.17, 15) is 0 Å². The molecule has 2 atom stereocenters. The van der Waals surface area contributed by atoms with Crippen molar-refractivity contribution in [2.24, 2.45) is 16.7 Å². The van der Waals surface area contributed by atoms with E-state index in [-0.39, 0.29) is 0 Å². The fraction of sp³-hybridized carbons (Fsp3) is 1.00. The smallest absolute Gasteiger partial charge is 0.0240 e. The fourth-order valence-electron chi connectivity index (χ4n) is 2.76. The van der Waals surface area contributed by atoms with Gasteiger partial charge in [-0.25, -0.2) is 0 Å².